The molecule has 0 aliphatic carbocycles. The zero-order valence-corrected chi connectivity index (χ0v) is 8.02. The first-order valence-electron chi connectivity index (χ1n) is 4.05. The third-order valence-corrected chi connectivity index (χ3v) is 1.97. The second-order valence-electron chi connectivity index (χ2n) is 4.27. The summed E-state index contributed by atoms with van der Waals surface area (Å²) in [6.07, 6.45) is -7.34. The van der Waals surface area contributed by atoms with Crippen LogP contribution in [-0.2, 0) is 0 Å². The van der Waals surface area contributed by atoms with Crippen LogP contribution < -0.4 is 5.73 Å². The molecular formula is C8H16F3NO. The standard InChI is InChI=1S/C8H16F3NO/c1-7(2,3)5(12)4-6(13)8(9,10)11/h5-6,13H,4,12H2,1-3H3/t5-,6-/m1/s1. The summed E-state index contributed by atoms with van der Waals surface area (Å²) in [4.78, 5) is 0. The van der Waals surface area contributed by atoms with E-state index in [4.69, 9.17) is 10.8 Å². The second-order valence-corrected chi connectivity index (χ2v) is 4.27. The molecule has 5 heteroatoms. The molecule has 0 spiro atoms. The van der Waals surface area contributed by atoms with Crippen molar-refractivity contribution in [3.8, 4) is 0 Å². The Morgan fingerprint density at radius 1 is 1.23 bits per heavy atom. The Bertz CT molecular complexity index is 144. The number of hydrogen-bond acceptors (Lipinski definition) is 2. The molecule has 2 nitrogen and oxygen atoms in total. The van der Waals surface area contributed by atoms with E-state index in [-0.39, 0.29) is 0 Å². The van der Waals surface area contributed by atoms with Crippen LogP contribution in [0.5, 0.6) is 0 Å². The maximum absolute atomic E-state index is 11.9. The Balaban J connectivity index is 4.15. The van der Waals surface area contributed by atoms with Gasteiger partial charge in [0.25, 0.3) is 0 Å². The van der Waals surface area contributed by atoms with Gasteiger partial charge in [-0.25, -0.2) is 0 Å². The van der Waals surface area contributed by atoms with Crippen molar-refractivity contribution >= 4 is 0 Å². The Hall–Kier alpha value is -0.290. The minimum atomic E-state index is -4.57. The number of rotatable bonds is 2. The van der Waals surface area contributed by atoms with Gasteiger partial charge < -0.3 is 10.8 Å². The van der Waals surface area contributed by atoms with Gasteiger partial charge >= 0.3 is 6.18 Å². The molecule has 0 amide bonds. The molecule has 2 atom stereocenters. The van der Waals surface area contributed by atoms with Gasteiger partial charge in [-0.3, -0.25) is 0 Å². The first kappa shape index (κ1) is 12.7. The zero-order chi connectivity index (χ0) is 10.9. The second kappa shape index (κ2) is 3.84. The van der Waals surface area contributed by atoms with Gasteiger partial charge in [-0.1, -0.05) is 20.8 Å². The van der Waals surface area contributed by atoms with Crippen LogP contribution in [0.3, 0.4) is 0 Å². The highest BCUT2D eigenvalue weighted by Gasteiger charge is 2.40. The van der Waals surface area contributed by atoms with Gasteiger partial charge in [-0.05, 0) is 11.8 Å². The molecule has 0 heterocycles. The van der Waals surface area contributed by atoms with Crippen molar-refractivity contribution < 1.29 is 18.3 Å². The summed E-state index contributed by atoms with van der Waals surface area (Å²) >= 11 is 0. The molecule has 0 saturated carbocycles. The lowest BCUT2D eigenvalue weighted by atomic mass is 9.84. The van der Waals surface area contributed by atoms with Crippen LogP contribution in [0, 0.1) is 5.41 Å². The third-order valence-electron chi connectivity index (χ3n) is 1.97. The van der Waals surface area contributed by atoms with Crippen molar-refractivity contribution in [1.82, 2.24) is 0 Å². The van der Waals surface area contributed by atoms with Crippen LogP contribution in [0.25, 0.3) is 0 Å². The highest BCUT2D eigenvalue weighted by atomic mass is 19.4. The van der Waals surface area contributed by atoms with Crippen molar-refractivity contribution in [2.45, 2.75) is 45.5 Å². The molecule has 0 rings (SSSR count). The van der Waals surface area contributed by atoms with E-state index in [1.54, 1.807) is 20.8 Å². The molecule has 0 unspecified atom stereocenters. The van der Waals surface area contributed by atoms with Gasteiger partial charge in [-0.15, -0.1) is 0 Å². The van der Waals surface area contributed by atoms with Crippen LogP contribution in [0.4, 0.5) is 13.2 Å². The highest BCUT2D eigenvalue weighted by Crippen LogP contribution is 2.27. The van der Waals surface area contributed by atoms with Gasteiger partial charge in [0.15, 0.2) is 6.10 Å². The first-order chi connectivity index (χ1) is 5.55. The van der Waals surface area contributed by atoms with E-state index in [1.807, 2.05) is 0 Å². The number of aliphatic hydroxyl groups is 1. The van der Waals surface area contributed by atoms with E-state index in [0.717, 1.165) is 0 Å². The molecule has 0 aromatic heterocycles. The Morgan fingerprint density at radius 2 is 1.62 bits per heavy atom. The molecule has 0 aliphatic heterocycles. The van der Waals surface area contributed by atoms with Crippen molar-refractivity contribution in [3.05, 3.63) is 0 Å². The largest absolute Gasteiger partial charge is 0.414 e. The van der Waals surface area contributed by atoms with Gasteiger partial charge in [0.2, 0.25) is 0 Å². The Morgan fingerprint density at radius 3 is 1.85 bits per heavy atom. The minimum absolute atomic E-state index is 0.424. The lowest BCUT2D eigenvalue weighted by Crippen LogP contribution is -2.42. The van der Waals surface area contributed by atoms with E-state index >= 15 is 0 Å². The lowest BCUT2D eigenvalue weighted by Gasteiger charge is -2.29. The predicted molar refractivity (Wildman–Crippen MR) is 44.1 cm³/mol. The predicted octanol–water partition coefficient (Wildman–Crippen LogP) is 1.67. The van der Waals surface area contributed by atoms with E-state index in [0.29, 0.717) is 0 Å². The van der Waals surface area contributed by atoms with Gasteiger partial charge in [0.1, 0.15) is 0 Å². The molecule has 0 aliphatic rings. The normalized spacial score (nSPS) is 18.5. The molecule has 0 bridgehead atoms. The summed E-state index contributed by atoms with van der Waals surface area (Å²) in [7, 11) is 0. The number of aliphatic hydroxyl groups excluding tert-OH is 1. The molecule has 0 aromatic rings. The summed E-state index contributed by atoms with van der Waals surface area (Å²) in [6, 6.07) is -0.663. The maximum Gasteiger partial charge on any atom is 0.414 e. The van der Waals surface area contributed by atoms with Crippen molar-refractivity contribution in [2.75, 3.05) is 0 Å². The molecule has 80 valence electrons. The Kier molecular flexibility index (Phi) is 3.75. The summed E-state index contributed by atoms with van der Waals surface area (Å²) in [5.74, 6) is 0. The number of alkyl halides is 3. The first-order valence-corrected chi connectivity index (χ1v) is 4.05. The van der Waals surface area contributed by atoms with Crippen molar-refractivity contribution in [3.63, 3.8) is 0 Å². The van der Waals surface area contributed by atoms with Gasteiger partial charge in [0.05, 0.1) is 0 Å². The van der Waals surface area contributed by atoms with Crippen LogP contribution in [-0.4, -0.2) is 23.4 Å². The van der Waals surface area contributed by atoms with E-state index < -0.39 is 30.2 Å². The summed E-state index contributed by atoms with van der Waals surface area (Å²) in [6.45, 7) is 5.21. The smallest absolute Gasteiger partial charge is 0.384 e. The topological polar surface area (TPSA) is 46.2 Å². The molecule has 0 fully saturated rings. The minimum Gasteiger partial charge on any atom is -0.384 e. The quantitative estimate of drug-likeness (QED) is 0.710. The summed E-state index contributed by atoms with van der Waals surface area (Å²) in [5, 5.41) is 8.71. The fraction of sp³-hybridized carbons (Fsp3) is 1.00. The lowest BCUT2D eigenvalue weighted by molar-refractivity contribution is -0.207. The summed E-state index contributed by atoms with van der Waals surface area (Å²) < 4.78 is 35.7. The molecule has 3 N–H and O–H groups in total. The average Bonchev–Trinajstić information content (AvgIpc) is 1.82. The molecular weight excluding hydrogens is 183 g/mol. The Labute approximate surface area is 75.9 Å². The van der Waals surface area contributed by atoms with Gasteiger partial charge in [-0.2, -0.15) is 13.2 Å². The number of halogens is 3. The highest BCUT2D eigenvalue weighted by molar-refractivity contribution is 4.81. The molecule has 0 radical (unpaired) electrons. The maximum atomic E-state index is 11.9. The molecule has 0 aromatic carbocycles. The van der Waals surface area contributed by atoms with E-state index in [1.165, 1.54) is 0 Å². The zero-order valence-electron chi connectivity index (χ0n) is 8.02. The summed E-state index contributed by atoms with van der Waals surface area (Å²) in [5.41, 5.74) is 5.06. The van der Waals surface area contributed by atoms with Crippen molar-refractivity contribution in [2.24, 2.45) is 11.1 Å². The number of hydrogen-bond donors (Lipinski definition) is 2. The van der Waals surface area contributed by atoms with Crippen LogP contribution in [0.15, 0.2) is 0 Å². The molecule has 0 saturated heterocycles. The van der Waals surface area contributed by atoms with Crippen molar-refractivity contribution in [1.29, 1.82) is 0 Å². The average molecular weight is 199 g/mol. The monoisotopic (exact) mass is 199 g/mol. The fourth-order valence-electron chi connectivity index (χ4n) is 0.728. The van der Waals surface area contributed by atoms with Crippen LogP contribution in [0.2, 0.25) is 0 Å². The molecule has 13 heavy (non-hydrogen) atoms. The fourth-order valence-corrected chi connectivity index (χ4v) is 0.728. The van der Waals surface area contributed by atoms with Gasteiger partial charge in [0, 0.05) is 6.04 Å². The number of nitrogens with two attached hydrogens (primary N) is 1. The van der Waals surface area contributed by atoms with Crippen LogP contribution in [0.1, 0.15) is 27.2 Å². The SMILES string of the molecule is CC(C)(C)[C@H](N)C[C@@H](O)C(F)(F)F. The third kappa shape index (κ3) is 4.47. The van der Waals surface area contributed by atoms with E-state index in [9.17, 15) is 13.2 Å². The van der Waals surface area contributed by atoms with E-state index in [2.05, 4.69) is 0 Å². The van der Waals surface area contributed by atoms with Crippen LogP contribution >= 0.6 is 0 Å².